The molecule has 0 aromatic heterocycles. The second-order valence-corrected chi connectivity index (χ2v) is 4.41. The van der Waals surface area contributed by atoms with Crippen LogP contribution in [0.2, 0.25) is 0 Å². The van der Waals surface area contributed by atoms with Crippen molar-refractivity contribution in [2.24, 2.45) is 5.92 Å². The van der Waals surface area contributed by atoms with Gasteiger partial charge in [0.25, 0.3) is 0 Å². The Kier molecular flexibility index (Phi) is 4.55. The molecule has 0 radical (unpaired) electrons. The second kappa shape index (κ2) is 6.37. The summed E-state index contributed by atoms with van der Waals surface area (Å²) < 4.78 is 5.10. The molecule has 98 valence electrons. The van der Waals surface area contributed by atoms with Crippen LogP contribution in [-0.4, -0.2) is 36.9 Å². The molecule has 1 aliphatic heterocycles. The fraction of sp³-hybridized carbons (Fsp3) is 0.462. The van der Waals surface area contributed by atoms with Crippen molar-refractivity contribution in [3.63, 3.8) is 0 Å². The molecular formula is C13H18N2O3. The Morgan fingerprint density at radius 2 is 2.17 bits per heavy atom. The van der Waals surface area contributed by atoms with Crippen molar-refractivity contribution < 1.29 is 14.6 Å². The molecule has 1 unspecified atom stereocenters. The second-order valence-electron chi connectivity index (χ2n) is 4.41. The van der Waals surface area contributed by atoms with Crippen molar-refractivity contribution in [2.75, 3.05) is 19.7 Å². The van der Waals surface area contributed by atoms with E-state index in [0.717, 1.165) is 18.7 Å². The number of amides is 1. The van der Waals surface area contributed by atoms with Gasteiger partial charge in [0, 0.05) is 19.0 Å². The van der Waals surface area contributed by atoms with E-state index in [1.54, 1.807) is 0 Å². The van der Waals surface area contributed by atoms with Crippen LogP contribution in [0, 0.1) is 5.92 Å². The Hall–Kier alpha value is -1.59. The molecule has 1 aromatic carbocycles. The van der Waals surface area contributed by atoms with E-state index in [0.29, 0.717) is 5.92 Å². The van der Waals surface area contributed by atoms with Gasteiger partial charge in [0.05, 0.1) is 12.6 Å². The molecule has 0 saturated carbocycles. The van der Waals surface area contributed by atoms with Gasteiger partial charge in [-0.3, -0.25) is 0 Å². The van der Waals surface area contributed by atoms with E-state index in [1.165, 1.54) is 0 Å². The summed E-state index contributed by atoms with van der Waals surface area (Å²) in [7, 11) is 0. The van der Waals surface area contributed by atoms with E-state index in [9.17, 15) is 9.90 Å². The van der Waals surface area contributed by atoms with E-state index in [-0.39, 0.29) is 19.3 Å². The molecular weight excluding hydrogens is 232 g/mol. The molecule has 1 aromatic rings. The van der Waals surface area contributed by atoms with E-state index in [4.69, 9.17) is 4.74 Å². The molecule has 1 aliphatic rings. The number of aliphatic hydroxyl groups is 1. The summed E-state index contributed by atoms with van der Waals surface area (Å²) in [5.41, 5.74) is 0.943. The van der Waals surface area contributed by atoms with Crippen molar-refractivity contribution in [1.82, 2.24) is 10.6 Å². The number of hydrogen-bond donors (Lipinski definition) is 3. The number of alkyl carbamates (subject to hydrolysis) is 1. The number of benzene rings is 1. The maximum absolute atomic E-state index is 11.6. The predicted molar refractivity (Wildman–Crippen MR) is 67.0 cm³/mol. The Morgan fingerprint density at radius 3 is 2.72 bits per heavy atom. The van der Waals surface area contributed by atoms with Gasteiger partial charge in [-0.15, -0.1) is 0 Å². The van der Waals surface area contributed by atoms with Crippen LogP contribution < -0.4 is 10.6 Å². The van der Waals surface area contributed by atoms with Gasteiger partial charge in [0.1, 0.15) is 6.61 Å². The molecule has 0 spiro atoms. The molecule has 0 aliphatic carbocycles. The molecule has 18 heavy (non-hydrogen) atoms. The van der Waals surface area contributed by atoms with Crippen LogP contribution in [0.25, 0.3) is 0 Å². The van der Waals surface area contributed by atoms with Gasteiger partial charge in [-0.1, -0.05) is 30.3 Å². The predicted octanol–water partition coefficient (Wildman–Crippen LogP) is 0.493. The summed E-state index contributed by atoms with van der Waals surface area (Å²) in [5, 5.41) is 15.0. The first-order valence-corrected chi connectivity index (χ1v) is 6.08. The van der Waals surface area contributed by atoms with Crippen molar-refractivity contribution in [2.45, 2.75) is 12.6 Å². The van der Waals surface area contributed by atoms with E-state index >= 15 is 0 Å². The molecule has 1 atom stereocenters. The molecule has 1 amide bonds. The van der Waals surface area contributed by atoms with Crippen LogP contribution in [-0.2, 0) is 11.3 Å². The van der Waals surface area contributed by atoms with Crippen LogP contribution >= 0.6 is 0 Å². The molecule has 5 heteroatoms. The third kappa shape index (κ3) is 3.45. The van der Waals surface area contributed by atoms with Crippen molar-refractivity contribution in [3.8, 4) is 0 Å². The van der Waals surface area contributed by atoms with Gasteiger partial charge in [0.15, 0.2) is 0 Å². The van der Waals surface area contributed by atoms with Crippen LogP contribution in [0.15, 0.2) is 30.3 Å². The summed E-state index contributed by atoms with van der Waals surface area (Å²) in [6.45, 7) is 1.83. The minimum atomic E-state index is -0.482. The monoisotopic (exact) mass is 250 g/mol. The summed E-state index contributed by atoms with van der Waals surface area (Å²) in [5.74, 6) is 0.291. The number of rotatable bonds is 5. The number of carbonyl (C=O) groups excluding carboxylic acids is 1. The standard InChI is InChI=1S/C13H18N2O3/c16-8-12(11-6-14-7-11)15-13(17)18-9-10-4-2-1-3-5-10/h1-5,11-12,14,16H,6-9H2,(H,15,17). The number of nitrogens with one attached hydrogen (secondary N) is 2. The minimum Gasteiger partial charge on any atom is -0.445 e. The van der Waals surface area contributed by atoms with Crippen LogP contribution in [0.5, 0.6) is 0 Å². The lowest BCUT2D eigenvalue weighted by molar-refractivity contribution is 0.112. The molecule has 1 heterocycles. The summed E-state index contributed by atoms with van der Waals surface area (Å²) in [6, 6.07) is 9.27. The van der Waals surface area contributed by atoms with Gasteiger partial charge in [-0.05, 0) is 5.56 Å². The molecule has 1 fully saturated rings. The van der Waals surface area contributed by atoms with Crippen molar-refractivity contribution in [1.29, 1.82) is 0 Å². The highest BCUT2D eigenvalue weighted by atomic mass is 16.5. The van der Waals surface area contributed by atoms with Crippen LogP contribution in [0.1, 0.15) is 5.56 Å². The summed E-state index contributed by atoms with van der Waals surface area (Å²) in [6.07, 6.45) is -0.482. The maximum atomic E-state index is 11.6. The highest BCUT2D eigenvalue weighted by Crippen LogP contribution is 2.09. The fourth-order valence-corrected chi connectivity index (χ4v) is 1.82. The Labute approximate surface area is 106 Å². The quantitative estimate of drug-likeness (QED) is 0.711. The molecule has 2 rings (SSSR count). The molecule has 5 nitrogen and oxygen atoms in total. The minimum absolute atomic E-state index is 0.0627. The smallest absolute Gasteiger partial charge is 0.407 e. The van der Waals surface area contributed by atoms with Gasteiger partial charge in [0.2, 0.25) is 0 Å². The first-order valence-electron chi connectivity index (χ1n) is 6.08. The lowest BCUT2D eigenvalue weighted by Gasteiger charge is -2.33. The highest BCUT2D eigenvalue weighted by Gasteiger charge is 2.27. The molecule has 1 saturated heterocycles. The van der Waals surface area contributed by atoms with E-state index in [1.807, 2.05) is 30.3 Å². The first kappa shape index (κ1) is 12.9. The van der Waals surface area contributed by atoms with E-state index in [2.05, 4.69) is 10.6 Å². The maximum Gasteiger partial charge on any atom is 0.407 e. The lowest BCUT2D eigenvalue weighted by atomic mass is 9.95. The Bertz CT molecular complexity index is 379. The lowest BCUT2D eigenvalue weighted by Crippen LogP contribution is -2.56. The highest BCUT2D eigenvalue weighted by molar-refractivity contribution is 5.67. The Balaban J connectivity index is 1.74. The van der Waals surface area contributed by atoms with Crippen LogP contribution in [0.4, 0.5) is 4.79 Å². The first-order chi connectivity index (χ1) is 8.79. The van der Waals surface area contributed by atoms with Gasteiger partial charge in [-0.2, -0.15) is 0 Å². The summed E-state index contributed by atoms with van der Waals surface area (Å²) in [4.78, 5) is 11.6. The van der Waals surface area contributed by atoms with Crippen molar-refractivity contribution >= 4 is 6.09 Å². The number of carbonyl (C=O) groups is 1. The average Bonchev–Trinajstić information content (AvgIpc) is 2.34. The van der Waals surface area contributed by atoms with E-state index < -0.39 is 6.09 Å². The zero-order valence-electron chi connectivity index (χ0n) is 10.1. The number of aliphatic hydroxyl groups excluding tert-OH is 1. The number of ether oxygens (including phenoxy) is 1. The topological polar surface area (TPSA) is 70.6 Å². The molecule has 0 bridgehead atoms. The zero-order chi connectivity index (χ0) is 12.8. The van der Waals surface area contributed by atoms with Gasteiger partial charge in [-0.25, -0.2) is 4.79 Å². The van der Waals surface area contributed by atoms with Crippen LogP contribution in [0.3, 0.4) is 0 Å². The fourth-order valence-electron chi connectivity index (χ4n) is 1.82. The molecule has 3 N–H and O–H groups in total. The SMILES string of the molecule is O=C(NC(CO)C1CNC1)OCc1ccccc1. The zero-order valence-corrected chi connectivity index (χ0v) is 10.1. The average molecular weight is 250 g/mol. The third-order valence-corrected chi connectivity index (χ3v) is 3.09. The van der Waals surface area contributed by atoms with Gasteiger partial charge >= 0.3 is 6.09 Å². The third-order valence-electron chi connectivity index (χ3n) is 3.09. The number of hydrogen-bond acceptors (Lipinski definition) is 4. The van der Waals surface area contributed by atoms with Gasteiger partial charge < -0.3 is 20.5 Å². The van der Waals surface area contributed by atoms with Crippen molar-refractivity contribution in [3.05, 3.63) is 35.9 Å². The largest absolute Gasteiger partial charge is 0.445 e. The Morgan fingerprint density at radius 1 is 1.44 bits per heavy atom. The summed E-state index contributed by atoms with van der Waals surface area (Å²) >= 11 is 0. The normalized spacial score (nSPS) is 16.7.